The van der Waals surface area contributed by atoms with Crippen LogP contribution in [0.2, 0.25) is 0 Å². The first kappa shape index (κ1) is 16.1. The molecule has 0 bridgehead atoms. The molecule has 6 nitrogen and oxygen atoms in total. The fourth-order valence-electron chi connectivity index (χ4n) is 2.57. The lowest BCUT2D eigenvalue weighted by atomic mass is 9.96. The third kappa shape index (κ3) is 4.65. The molecule has 1 fully saturated rings. The highest BCUT2D eigenvalue weighted by Gasteiger charge is 2.16. The lowest BCUT2D eigenvalue weighted by Crippen LogP contribution is -2.50. The number of hydrogen-bond donors (Lipinski definition) is 3. The molecular formula is C16H24N4O2. The lowest BCUT2D eigenvalue weighted by molar-refractivity contribution is 0.0935. The molecule has 0 unspecified atom stereocenters. The highest BCUT2D eigenvalue weighted by molar-refractivity contribution is 5.95. The van der Waals surface area contributed by atoms with Crippen LogP contribution in [0.15, 0.2) is 24.3 Å². The summed E-state index contributed by atoms with van der Waals surface area (Å²) >= 11 is 0. The van der Waals surface area contributed by atoms with E-state index in [-0.39, 0.29) is 18.0 Å². The molecule has 0 saturated heterocycles. The Morgan fingerprint density at radius 1 is 1.00 bits per heavy atom. The first-order valence-electron chi connectivity index (χ1n) is 7.70. The van der Waals surface area contributed by atoms with Crippen LogP contribution in [-0.2, 0) is 0 Å². The van der Waals surface area contributed by atoms with E-state index in [2.05, 4.69) is 16.2 Å². The minimum atomic E-state index is -0.356. The molecule has 1 aromatic carbocycles. The van der Waals surface area contributed by atoms with Crippen LogP contribution in [0.1, 0.15) is 42.5 Å². The summed E-state index contributed by atoms with van der Waals surface area (Å²) < 4.78 is 0. The third-order valence-electron chi connectivity index (χ3n) is 3.88. The number of carbonyl (C=O) groups excluding carboxylic acids is 2. The molecule has 1 aliphatic carbocycles. The fraction of sp³-hybridized carbons (Fsp3) is 0.500. The van der Waals surface area contributed by atoms with Gasteiger partial charge in [-0.15, -0.1) is 0 Å². The van der Waals surface area contributed by atoms with E-state index < -0.39 is 0 Å². The maximum atomic E-state index is 12.0. The Morgan fingerprint density at radius 3 is 2.23 bits per heavy atom. The number of hydrazine groups is 1. The zero-order valence-corrected chi connectivity index (χ0v) is 13.2. The first-order valence-corrected chi connectivity index (χ1v) is 7.70. The molecular weight excluding hydrogens is 280 g/mol. The molecule has 6 heteroatoms. The summed E-state index contributed by atoms with van der Waals surface area (Å²) in [4.78, 5) is 25.7. The number of amides is 3. The predicted molar refractivity (Wildman–Crippen MR) is 86.8 cm³/mol. The number of hydrogen-bond acceptors (Lipinski definition) is 3. The molecule has 0 atom stereocenters. The van der Waals surface area contributed by atoms with Crippen molar-refractivity contribution >= 4 is 17.6 Å². The predicted octanol–water partition coefficient (Wildman–Crippen LogP) is 2.03. The lowest BCUT2D eigenvalue weighted by Gasteiger charge is -2.22. The Hall–Kier alpha value is -2.24. The van der Waals surface area contributed by atoms with Crippen molar-refractivity contribution in [2.24, 2.45) is 0 Å². The number of nitrogens with one attached hydrogen (secondary N) is 3. The van der Waals surface area contributed by atoms with Crippen molar-refractivity contribution in [1.29, 1.82) is 0 Å². The molecule has 120 valence electrons. The Kier molecular flexibility index (Phi) is 5.63. The highest BCUT2D eigenvalue weighted by atomic mass is 16.2. The van der Waals surface area contributed by atoms with Crippen molar-refractivity contribution in [3.8, 4) is 0 Å². The van der Waals surface area contributed by atoms with Gasteiger partial charge in [-0.3, -0.25) is 10.2 Å². The van der Waals surface area contributed by atoms with Crippen LogP contribution in [0.3, 0.4) is 0 Å². The maximum Gasteiger partial charge on any atom is 0.333 e. The minimum Gasteiger partial charge on any atom is -0.378 e. The van der Waals surface area contributed by atoms with Crippen molar-refractivity contribution in [3.05, 3.63) is 29.8 Å². The topological polar surface area (TPSA) is 73.5 Å². The van der Waals surface area contributed by atoms with E-state index in [4.69, 9.17) is 0 Å². The first-order chi connectivity index (χ1) is 10.6. The molecule has 0 spiro atoms. The van der Waals surface area contributed by atoms with Crippen molar-refractivity contribution in [1.82, 2.24) is 16.2 Å². The zero-order valence-electron chi connectivity index (χ0n) is 13.2. The molecule has 2 rings (SSSR count). The fourth-order valence-corrected chi connectivity index (χ4v) is 2.57. The van der Waals surface area contributed by atoms with Crippen LogP contribution in [0, 0.1) is 0 Å². The summed E-state index contributed by atoms with van der Waals surface area (Å²) in [6.07, 6.45) is 5.55. The van der Waals surface area contributed by atoms with Crippen molar-refractivity contribution in [3.63, 3.8) is 0 Å². The average molecular weight is 304 g/mol. The van der Waals surface area contributed by atoms with Crippen molar-refractivity contribution in [2.45, 2.75) is 38.1 Å². The quantitative estimate of drug-likeness (QED) is 0.748. The summed E-state index contributed by atoms with van der Waals surface area (Å²) in [7, 11) is 3.87. The van der Waals surface area contributed by atoms with Gasteiger partial charge in [0, 0.05) is 31.4 Å². The second-order valence-corrected chi connectivity index (χ2v) is 5.83. The molecule has 0 aromatic heterocycles. The molecule has 0 heterocycles. The van der Waals surface area contributed by atoms with E-state index in [1.54, 1.807) is 12.1 Å². The van der Waals surface area contributed by atoms with Gasteiger partial charge in [-0.05, 0) is 37.1 Å². The molecule has 0 radical (unpaired) electrons. The van der Waals surface area contributed by atoms with Gasteiger partial charge in [-0.2, -0.15) is 0 Å². The Balaban J connectivity index is 1.77. The summed E-state index contributed by atoms with van der Waals surface area (Å²) in [5.41, 5.74) is 6.34. The molecule has 22 heavy (non-hydrogen) atoms. The van der Waals surface area contributed by atoms with Gasteiger partial charge in [0.25, 0.3) is 5.91 Å². The second kappa shape index (κ2) is 7.68. The monoisotopic (exact) mass is 304 g/mol. The summed E-state index contributed by atoms with van der Waals surface area (Å²) in [6.45, 7) is 0. The van der Waals surface area contributed by atoms with Crippen LogP contribution in [0.4, 0.5) is 10.5 Å². The van der Waals surface area contributed by atoms with Gasteiger partial charge in [-0.25, -0.2) is 10.2 Å². The number of nitrogens with zero attached hydrogens (tertiary/aromatic N) is 1. The molecule has 0 aliphatic heterocycles. The maximum absolute atomic E-state index is 12.0. The van der Waals surface area contributed by atoms with Crippen molar-refractivity contribution < 1.29 is 9.59 Å². The van der Waals surface area contributed by atoms with E-state index in [0.717, 1.165) is 31.4 Å². The normalized spacial score (nSPS) is 15.0. The van der Waals surface area contributed by atoms with E-state index in [0.29, 0.717) is 5.56 Å². The second-order valence-electron chi connectivity index (χ2n) is 5.83. The standard InChI is InChI=1S/C16H24N4O2/c1-20(2)14-10-8-12(9-11-14)15(21)18-19-16(22)17-13-6-4-3-5-7-13/h8-11,13H,3-7H2,1-2H3,(H,18,21)(H2,17,19,22). The van der Waals surface area contributed by atoms with E-state index >= 15 is 0 Å². The van der Waals surface area contributed by atoms with Gasteiger partial charge in [0.2, 0.25) is 0 Å². The van der Waals surface area contributed by atoms with Gasteiger partial charge < -0.3 is 10.2 Å². The van der Waals surface area contributed by atoms with Gasteiger partial charge >= 0.3 is 6.03 Å². The summed E-state index contributed by atoms with van der Waals surface area (Å²) in [6, 6.07) is 7.03. The van der Waals surface area contributed by atoms with Gasteiger partial charge in [-0.1, -0.05) is 19.3 Å². The van der Waals surface area contributed by atoms with E-state index in [9.17, 15) is 9.59 Å². The zero-order chi connectivity index (χ0) is 15.9. The van der Waals surface area contributed by atoms with E-state index in [1.807, 2.05) is 31.1 Å². The van der Waals surface area contributed by atoms with Gasteiger partial charge in [0.15, 0.2) is 0 Å². The number of benzene rings is 1. The molecule has 1 aliphatic rings. The SMILES string of the molecule is CN(C)c1ccc(C(=O)NNC(=O)NC2CCCCC2)cc1. The average Bonchev–Trinajstić information content (AvgIpc) is 2.53. The Morgan fingerprint density at radius 2 is 1.64 bits per heavy atom. The summed E-state index contributed by atoms with van der Waals surface area (Å²) in [5, 5.41) is 2.88. The Bertz CT molecular complexity index is 507. The number of carbonyl (C=O) groups is 2. The molecule has 1 saturated carbocycles. The van der Waals surface area contributed by atoms with Crippen molar-refractivity contribution in [2.75, 3.05) is 19.0 Å². The summed E-state index contributed by atoms with van der Waals surface area (Å²) in [5.74, 6) is -0.330. The smallest absolute Gasteiger partial charge is 0.333 e. The van der Waals surface area contributed by atoms with Crippen LogP contribution in [0.25, 0.3) is 0 Å². The number of urea groups is 1. The largest absolute Gasteiger partial charge is 0.378 e. The van der Waals surface area contributed by atoms with Crippen LogP contribution in [0.5, 0.6) is 0 Å². The molecule has 3 N–H and O–H groups in total. The van der Waals surface area contributed by atoms with Crippen LogP contribution < -0.4 is 21.1 Å². The minimum absolute atomic E-state index is 0.213. The highest BCUT2D eigenvalue weighted by Crippen LogP contribution is 2.17. The number of anilines is 1. The molecule has 1 aromatic rings. The van der Waals surface area contributed by atoms with E-state index in [1.165, 1.54) is 6.42 Å². The van der Waals surface area contributed by atoms with Gasteiger partial charge in [0.1, 0.15) is 0 Å². The van der Waals surface area contributed by atoms with Crippen LogP contribution in [-0.4, -0.2) is 32.1 Å². The molecule has 3 amide bonds. The third-order valence-corrected chi connectivity index (χ3v) is 3.88. The number of rotatable bonds is 3. The Labute approximate surface area is 131 Å². The van der Waals surface area contributed by atoms with Gasteiger partial charge in [0.05, 0.1) is 0 Å². The van der Waals surface area contributed by atoms with Crippen LogP contribution >= 0.6 is 0 Å².